The van der Waals surface area contributed by atoms with E-state index in [2.05, 4.69) is 30.6 Å². The standard InChI is InChI=1S/C14H15ClN2OS/c1-8-5-6-19-13(8)9(2)17-10-3-4-12(15)11(7-10)14(16)18/h3-7,9,17H,1-2H3,(H2,16,18). The minimum Gasteiger partial charge on any atom is -0.378 e. The summed E-state index contributed by atoms with van der Waals surface area (Å²) < 4.78 is 0. The fourth-order valence-corrected chi connectivity index (χ4v) is 3.09. The van der Waals surface area contributed by atoms with Crippen LogP contribution in [0.3, 0.4) is 0 Å². The van der Waals surface area contributed by atoms with E-state index < -0.39 is 5.91 Å². The molecule has 1 aromatic carbocycles. The van der Waals surface area contributed by atoms with Crippen LogP contribution < -0.4 is 11.1 Å². The third-order valence-electron chi connectivity index (χ3n) is 2.91. The van der Waals surface area contributed by atoms with Crippen LogP contribution in [0.4, 0.5) is 5.69 Å². The summed E-state index contributed by atoms with van der Waals surface area (Å²) in [6, 6.07) is 7.47. The van der Waals surface area contributed by atoms with Gasteiger partial charge in [0.15, 0.2) is 0 Å². The molecule has 0 aliphatic carbocycles. The van der Waals surface area contributed by atoms with Gasteiger partial charge in [0.25, 0.3) is 0 Å². The number of hydrogen-bond acceptors (Lipinski definition) is 3. The molecule has 100 valence electrons. The minimum atomic E-state index is -0.520. The number of nitrogens with two attached hydrogens (primary N) is 1. The number of thiophene rings is 1. The Balaban J connectivity index is 2.22. The molecule has 0 saturated carbocycles. The van der Waals surface area contributed by atoms with Gasteiger partial charge in [0.1, 0.15) is 0 Å². The second-order valence-electron chi connectivity index (χ2n) is 4.39. The maximum absolute atomic E-state index is 11.3. The lowest BCUT2D eigenvalue weighted by Crippen LogP contribution is -2.13. The minimum absolute atomic E-state index is 0.168. The van der Waals surface area contributed by atoms with Gasteiger partial charge in [-0.2, -0.15) is 0 Å². The monoisotopic (exact) mass is 294 g/mol. The van der Waals surface area contributed by atoms with Crippen molar-refractivity contribution in [3.8, 4) is 0 Å². The molecule has 0 saturated heterocycles. The maximum Gasteiger partial charge on any atom is 0.250 e. The first kappa shape index (κ1) is 13.9. The van der Waals surface area contributed by atoms with E-state index in [0.29, 0.717) is 10.6 Å². The Labute approximate surface area is 121 Å². The van der Waals surface area contributed by atoms with Crippen molar-refractivity contribution >= 4 is 34.5 Å². The maximum atomic E-state index is 11.3. The van der Waals surface area contributed by atoms with Crippen LogP contribution >= 0.6 is 22.9 Å². The van der Waals surface area contributed by atoms with Gasteiger partial charge in [-0.05, 0) is 49.1 Å². The van der Waals surface area contributed by atoms with Crippen molar-refractivity contribution in [1.29, 1.82) is 0 Å². The van der Waals surface area contributed by atoms with Crippen molar-refractivity contribution in [2.24, 2.45) is 5.73 Å². The van der Waals surface area contributed by atoms with Gasteiger partial charge in [0.05, 0.1) is 16.6 Å². The predicted molar refractivity (Wildman–Crippen MR) is 81.1 cm³/mol. The quantitative estimate of drug-likeness (QED) is 0.896. The van der Waals surface area contributed by atoms with Gasteiger partial charge in [0, 0.05) is 10.6 Å². The van der Waals surface area contributed by atoms with Gasteiger partial charge in [-0.1, -0.05) is 11.6 Å². The number of carbonyl (C=O) groups excluding carboxylic acids is 1. The van der Waals surface area contributed by atoms with Crippen molar-refractivity contribution < 1.29 is 4.79 Å². The Morgan fingerprint density at radius 1 is 1.42 bits per heavy atom. The van der Waals surface area contributed by atoms with E-state index in [1.807, 2.05) is 6.07 Å². The first-order valence-electron chi connectivity index (χ1n) is 5.89. The lowest BCUT2D eigenvalue weighted by molar-refractivity contribution is 0.100. The Kier molecular flexibility index (Phi) is 4.12. The van der Waals surface area contributed by atoms with Gasteiger partial charge in [0.2, 0.25) is 5.91 Å². The highest BCUT2D eigenvalue weighted by Gasteiger charge is 2.12. The first-order valence-corrected chi connectivity index (χ1v) is 7.14. The van der Waals surface area contributed by atoms with E-state index in [-0.39, 0.29) is 6.04 Å². The van der Waals surface area contributed by atoms with E-state index in [1.165, 1.54) is 10.4 Å². The smallest absolute Gasteiger partial charge is 0.250 e. The molecule has 5 heteroatoms. The molecule has 1 atom stereocenters. The van der Waals surface area contributed by atoms with E-state index in [9.17, 15) is 4.79 Å². The summed E-state index contributed by atoms with van der Waals surface area (Å²) in [5.41, 5.74) is 7.71. The van der Waals surface area contributed by atoms with Crippen LogP contribution in [0, 0.1) is 6.92 Å². The number of primary amides is 1. The lowest BCUT2D eigenvalue weighted by atomic mass is 10.1. The third kappa shape index (κ3) is 3.08. The highest BCUT2D eigenvalue weighted by Crippen LogP contribution is 2.28. The van der Waals surface area contributed by atoms with Crippen molar-refractivity contribution in [1.82, 2.24) is 0 Å². The van der Waals surface area contributed by atoms with Gasteiger partial charge >= 0.3 is 0 Å². The van der Waals surface area contributed by atoms with Gasteiger partial charge in [-0.25, -0.2) is 0 Å². The molecule has 0 aliphatic rings. The van der Waals surface area contributed by atoms with E-state index >= 15 is 0 Å². The van der Waals surface area contributed by atoms with E-state index in [0.717, 1.165) is 5.69 Å². The Bertz CT molecular complexity index is 609. The highest BCUT2D eigenvalue weighted by atomic mass is 35.5. The van der Waals surface area contributed by atoms with E-state index in [4.69, 9.17) is 17.3 Å². The number of halogens is 1. The molecule has 1 amide bonds. The zero-order valence-corrected chi connectivity index (χ0v) is 12.3. The highest BCUT2D eigenvalue weighted by molar-refractivity contribution is 7.10. The van der Waals surface area contributed by atoms with Crippen LogP contribution in [-0.4, -0.2) is 5.91 Å². The molecule has 0 aliphatic heterocycles. The Morgan fingerprint density at radius 2 is 2.16 bits per heavy atom. The molecule has 2 aromatic rings. The topological polar surface area (TPSA) is 55.1 Å². The number of hydrogen-bond donors (Lipinski definition) is 2. The second kappa shape index (κ2) is 5.63. The number of carbonyl (C=O) groups is 1. The molecule has 3 nitrogen and oxygen atoms in total. The largest absolute Gasteiger partial charge is 0.378 e. The van der Waals surface area contributed by atoms with Gasteiger partial charge in [-0.3, -0.25) is 4.79 Å². The zero-order chi connectivity index (χ0) is 14.0. The first-order chi connectivity index (χ1) is 8.99. The molecule has 0 fully saturated rings. The molecular formula is C14H15ClN2OS. The average Bonchev–Trinajstić information content (AvgIpc) is 2.77. The summed E-state index contributed by atoms with van der Waals surface area (Å²) in [5, 5.41) is 5.79. The molecule has 19 heavy (non-hydrogen) atoms. The fraction of sp³-hybridized carbons (Fsp3) is 0.214. The van der Waals surface area contributed by atoms with Gasteiger partial charge in [-0.15, -0.1) is 11.3 Å². The number of rotatable bonds is 4. The molecule has 0 bridgehead atoms. The van der Waals surface area contributed by atoms with Crippen LogP contribution in [0.25, 0.3) is 0 Å². The van der Waals surface area contributed by atoms with Crippen LogP contribution in [0.15, 0.2) is 29.6 Å². The summed E-state index contributed by atoms with van der Waals surface area (Å²) in [6.45, 7) is 4.16. The van der Waals surface area contributed by atoms with Crippen molar-refractivity contribution in [3.63, 3.8) is 0 Å². The summed E-state index contributed by atoms with van der Waals surface area (Å²) in [4.78, 5) is 12.5. The van der Waals surface area contributed by atoms with Crippen molar-refractivity contribution in [2.45, 2.75) is 19.9 Å². The average molecular weight is 295 g/mol. The van der Waals surface area contributed by atoms with E-state index in [1.54, 1.807) is 23.5 Å². The molecule has 0 radical (unpaired) electrons. The molecular weight excluding hydrogens is 280 g/mol. The fourth-order valence-electron chi connectivity index (χ4n) is 1.95. The SMILES string of the molecule is Cc1ccsc1C(C)Nc1ccc(Cl)c(C(N)=O)c1. The number of anilines is 1. The summed E-state index contributed by atoms with van der Waals surface area (Å²) in [7, 11) is 0. The van der Waals surface area contributed by atoms with Crippen LogP contribution in [0.1, 0.15) is 33.8 Å². The number of benzene rings is 1. The Hall–Kier alpha value is -1.52. The second-order valence-corrected chi connectivity index (χ2v) is 5.75. The molecule has 3 N–H and O–H groups in total. The third-order valence-corrected chi connectivity index (χ3v) is 4.44. The molecule has 1 aromatic heterocycles. The molecule has 1 heterocycles. The number of nitrogens with one attached hydrogen (secondary N) is 1. The lowest BCUT2D eigenvalue weighted by Gasteiger charge is -2.16. The van der Waals surface area contributed by atoms with Crippen molar-refractivity contribution in [3.05, 3.63) is 50.7 Å². The van der Waals surface area contributed by atoms with Crippen LogP contribution in [0.5, 0.6) is 0 Å². The summed E-state index contributed by atoms with van der Waals surface area (Å²) in [5.74, 6) is -0.520. The molecule has 0 spiro atoms. The molecule has 1 unspecified atom stereocenters. The summed E-state index contributed by atoms with van der Waals surface area (Å²) in [6.07, 6.45) is 0. The summed E-state index contributed by atoms with van der Waals surface area (Å²) >= 11 is 7.64. The van der Waals surface area contributed by atoms with Gasteiger partial charge < -0.3 is 11.1 Å². The normalized spacial score (nSPS) is 12.2. The number of aryl methyl sites for hydroxylation is 1. The molecule has 2 rings (SSSR count). The number of amides is 1. The Morgan fingerprint density at radius 3 is 2.74 bits per heavy atom. The van der Waals surface area contributed by atoms with Crippen LogP contribution in [-0.2, 0) is 0 Å². The predicted octanol–water partition coefficient (Wildman–Crippen LogP) is 3.98. The zero-order valence-electron chi connectivity index (χ0n) is 10.7. The van der Waals surface area contributed by atoms with Crippen molar-refractivity contribution in [2.75, 3.05) is 5.32 Å². The van der Waals surface area contributed by atoms with Crippen LogP contribution in [0.2, 0.25) is 5.02 Å².